The van der Waals surface area contributed by atoms with Crippen molar-refractivity contribution in [1.29, 1.82) is 0 Å². The van der Waals surface area contributed by atoms with Gasteiger partial charge >= 0.3 is 0 Å². The molecule has 17 heavy (non-hydrogen) atoms. The molecule has 0 fully saturated rings. The lowest BCUT2D eigenvalue weighted by Gasteiger charge is -2.34. The maximum absolute atomic E-state index is 11.4. The van der Waals surface area contributed by atoms with E-state index >= 15 is 0 Å². The van der Waals surface area contributed by atoms with Crippen LogP contribution in [0, 0.1) is 0 Å². The predicted molar refractivity (Wildman–Crippen MR) is 72.9 cm³/mol. The van der Waals surface area contributed by atoms with E-state index in [-0.39, 0.29) is 11.9 Å². The Labute approximate surface area is 106 Å². The molecule has 0 rings (SSSR count). The average molecular weight is 243 g/mol. The van der Waals surface area contributed by atoms with Gasteiger partial charge < -0.3 is 11.1 Å². The van der Waals surface area contributed by atoms with Crippen LogP contribution < -0.4 is 11.1 Å². The predicted octanol–water partition coefficient (Wildman–Crippen LogP) is 1.35. The maximum Gasteiger partial charge on any atom is 0.221 e. The minimum Gasteiger partial charge on any atom is -0.359 e. The van der Waals surface area contributed by atoms with Crippen LogP contribution in [0.2, 0.25) is 0 Å². The number of hydrogen-bond donors (Lipinski definition) is 2. The first-order valence-electron chi connectivity index (χ1n) is 6.73. The van der Waals surface area contributed by atoms with Gasteiger partial charge in [0, 0.05) is 32.1 Å². The number of hydrogen-bond acceptors (Lipinski definition) is 3. The fraction of sp³-hybridized carbons (Fsp3) is 0.923. The van der Waals surface area contributed by atoms with Gasteiger partial charge in [-0.05, 0) is 26.8 Å². The van der Waals surface area contributed by atoms with E-state index in [0.717, 1.165) is 6.54 Å². The lowest BCUT2D eigenvalue weighted by molar-refractivity contribution is -0.121. The van der Waals surface area contributed by atoms with E-state index in [9.17, 15) is 4.79 Å². The van der Waals surface area contributed by atoms with Gasteiger partial charge in [0.15, 0.2) is 0 Å². The molecule has 0 aliphatic carbocycles. The van der Waals surface area contributed by atoms with Crippen molar-refractivity contribution in [2.45, 2.75) is 58.5 Å². The summed E-state index contributed by atoms with van der Waals surface area (Å²) in [4.78, 5) is 13.8. The highest BCUT2D eigenvalue weighted by Gasteiger charge is 2.21. The largest absolute Gasteiger partial charge is 0.359 e. The van der Waals surface area contributed by atoms with Gasteiger partial charge in [-0.15, -0.1) is 0 Å². The van der Waals surface area contributed by atoms with Crippen molar-refractivity contribution < 1.29 is 4.79 Å². The van der Waals surface area contributed by atoms with Gasteiger partial charge in [0.25, 0.3) is 0 Å². The van der Waals surface area contributed by atoms with Crippen LogP contribution in [0.15, 0.2) is 0 Å². The summed E-state index contributed by atoms with van der Waals surface area (Å²) >= 11 is 0. The van der Waals surface area contributed by atoms with Gasteiger partial charge in [0.1, 0.15) is 0 Å². The summed E-state index contributed by atoms with van der Waals surface area (Å²) < 4.78 is 0. The highest BCUT2D eigenvalue weighted by atomic mass is 16.1. The molecule has 0 aromatic heterocycles. The van der Waals surface area contributed by atoms with Crippen LogP contribution in [0.4, 0.5) is 0 Å². The third-order valence-electron chi connectivity index (χ3n) is 3.12. The lowest BCUT2D eigenvalue weighted by Crippen LogP contribution is -2.47. The summed E-state index contributed by atoms with van der Waals surface area (Å²) in [6, 6.07) is 0.594. The summed E-state index contributed by atoms with van der Waals surface area (Å²) in [5.74, 6) is 0.0709. The Kier molecular flexibility index (Phi) is 9.09. The van der Waals surface area contributed by atoms with Crippen molar-refractivity contribution in [2.75, 3.05) is 20.1 Å². The minimum absolute atomic E-state index is 0.0709. The molecule has 0 aromatic carbocycles. The van der Waals surface area contributed by atoms with Crippen LogP contribution in [0.25, 0.3) is 0 Å². The van der Waals surface area contributed by atoms with Gasteiger partial charge in [0.05, 0.1) is 0 Å². The molecule has 4 nitrogen and oxygen atoms in total. The normalized spacial score (nSPS) is 13.1. The molecule has 0 aromatic rings. The van der Waals surface area contributed by atoms with Crippen LogP contribution >= 0.6 is 0 Å². The molecule has 0 aliphatic heterocycles. The Morgan fingerprint density at radius 1 is 1.35 bits per heavy atom. The van der Waals surface area contributed by atoms with E-state index in [2.05, 4.69) is 31.0 Å². The molecule has 0 radical (unpaired) electrons. The molecule has 1 amide bonds. The Morgan fingerprint density at radius 3 is 2.41 bits per heavy atom. The summed E-state index contributed by atoms with van der Waals surface area (Å²) in [5.41, 5.74) is 5.80. The number of amides is 1. The van der Waals surface area contributed by atoms with Gasteiger partial charge in [-0.25, -0.2) is 0 Å². The summed E-state index contributed by atoms with van der Waals surface area (Å²) in [7, 11) is 1.67. The Balaban J connectivity index is 4.35. The standard InChI is InChI=1S/C13H29N3O/c1-5-6-7-8-16(11(2)3)12(10-14)9-13(17)15-4/h11-12H,5-10,14H2,1-4H3,(H,15,17). The van der Waals surface area contributed by atoms with Crippen molar-refractivity contribution in [3.05, 3.63) is 0 Å². The summed E-state index contributed by atoms with van der Waals surface area (Å²) in [6.07, 6.45) is 4.13. The molecule has 1 unspecified atom stereocenters. The van der Waals surface area contributed by atoms with Gasteiger partial charge in [-0.1, -0.05) is 19.8 Å². The van der Waals surface area contributed by atoms with Gasteiger partial charge in [0.2, 0.25) is 5.91 Å². The molecule has 1 atom stereocenters. The van der Waals surface area contributed by atoms with Crippen molar-refractivity contribution in [3.63, 3.8) is 0 Å². The second kappa shape index (κ2) is 9.42. The first-order valence-corrected chi connectivity index (χ1v) is 6.73. The maximum atomic E-state index is 11.4. The minimum atomic E-state index is 0.0709. The van der Waals surface area contributed by atoms with Crippen molar-refractivity contribution in [1.82, 2.24) is 10.2 Å². The third kappa shape index (κ3) is 6.64. The molecule has 0 spiro atoms. The van der Waals surface area contributed by atoms with E-state index in [1.54, 1.807) is 7.05 Å². The zero-order valence-corrected chi connectivity index (χ0v) is 11.8. The Morgan fingerprint density at radius 2 is 2.00 bits per heavy atom. The van der Waals surface area contributed by atoms with E-state index in [1.807, 2.05) is 0 Å². The number of carbonyl (C=O) groups is 1. The molecule has 0 saturated carbocycles. The molecule has 0 aliphatic rings. The second-order valence-electron chi connectivity index (χ2n) is 4.81. The monoisotopic (exact) mass is 243 g/mol. The van der Waals surface area contributed by atoms with E-state index in [4.69, 9.17) is 5.73 Å². The zero-order valence-electron chi connectivity index (χ0n) is 11.8. The van der Waals surface area contributed by atoms with Crippen molar-refractivity contribution in [2.24, 2.45) is 5.73 Å². The molecule has 102 valence electrons. The first-order chi connectivity index (χ1) is 8.06. The van der Waals surface area contributed by atoms with Crippen LogP contribution in [0.1, 0.15) is 46.5 Å². The SMILES string of the molecule is CCCCCN(C(C)C)C(CN)CC(=O)NC. The second-order valence-corrected chi connectivity index (χ2v) is 4.81. The number of unbranched alkanes of at least 4 members (excludes halogenated alkanes) is 2. The number of carbonyl (C=O) groups excluding carboxylic acids is 1. The fourth-order valence-electron chi connectivity index (χ4n) is 2.06. The molecule has 0 bridgehead atoms. The lowest BCUT2D eigenvalue weighted by atomic mass is 10.1. The molecular formula is C13H29N3O. The quantitative estimate of drug-likeness (QED) is 0.601. The van der Waals surface area contributed by atoms with Gasteiger partial charge in [-0.2, -0.15) is 0 Å². The number of nitrogens with one attached hydrogen (secondary N) is 1. The fourth-order valence-corrected chi connectivity index (χ4v) is 2.06. The Bertz CT molecular complexity index is 207. The number of rotatable bonds is 9. The van der Waals surface area contributed by atoms with Crippen LogP contribution in [-0.4, -0.2) is 43.0 Å². The Hall–Kier alpha value is -0.610. The van der Waals surface area contributed by atoms with Crippen LogP contribution in [-0.2, 0) is 4.79 Å². The zero-order chi connectivity index (χ0) is 13.3. The smallest absolute Gasteiger partial charge is 0.221 e. The molecule has 0 heterocycles. The van der Waals surface area contributed by atoms with Crippen molar-refractivity contribution in [3.8, 4) is 0 Å². The highest BCUT2D eigenvalue weighted by Crippen LogP contribution is 2.11. The van der Waals surface area contributed by atoms with E-state index in [0.29, 0.717) is 19.0 Å². The van der Waals surface area contributed by atoms with Crippen molar-refractivity contribution >= 4 is 5.91 Å². The summed E-state index contributed by atoms with van der Waals surface area (Å²) in [6.45, 7) is 8.10. The number of nitrogens with two attached hydrogens (primary N) is 1. The molecule has 3 N–H and O–H groups in total. The van der Waals surface area contributed by atoms with E-state index in [1.165, 1.54) is 19.3 Å². The topological polar surface area (TPSA) is 58.4 Å². The summed E-state index contributed by atoms with van der Waals surface area (Å²) in [5, 5.41) is 2.67. The number of nitrogens with zero attached hydrogens (tertiary/aromatic N) is 1. The van der Waals surface area contributed by atoms with Crippen LogP contribution in [0.3, 0.4) is 0 Å². The third-order valence-corrected chi connectivity index (χ3v) is 3.12. The van der Waals surface area contributed by atoms with Gasteiger partial charge in [-0.3, -0.25) is 9.69 Å². The average Bonchev–Trinajstić information content (AvgIpc) is 2.31. The van der Waals surface area contributed by atoms with E-state index < -0.39 is 0 Å². The molecule has 0 saturated heterocycles. The highest BCUT2D eigenvalue weighted by molar-refractivity contribution is 5.76. The molecule has 4 heteroatoms. The van der Waals surface area contributed by atoms with Crippen LogP contribution in [0.5, 0.6) is 0 Å². The first kappa shape index (κ1) is 16.4. The molecular weight excluding hydrogens is 214 g/mol.